The van der Waals surface area contributed by atoms with Crippen LogP contribution in [0.4, 0.5) is 0 Å². The lowest BCUT2D eigenvalue weighted by atomic mass is 9.88. The number of carbonyl (C=O) groups excluding carboxylic acids is 1. The maximum Gasteiger partial charge on any atom is 0.223 e. The van der Waals surface area contributed by atoms with Gasteiger partial charge < -0.3 is 14.6 Å². The van der Waals surface area contributed by atoms with Gasteiger partial charge in [0.25, 0.3) is 0 Å². The van der Waals surface area contributed by atoms with E-state index in [4.69, 9.17) is 9.26 Å². The van der Waals surface area contributed by atoms with Crippen LogP contribution in [-0.2, 0) is 15.1 Å². The average Bonchev–Trinajstić information content (AvgIpc) is 2.84. The highest BCUT2D eigenvalue weighted by Gasteiger charge is 2.40. The topological polar surface area (TPSA) is 77.3 Å². The third kappa shape index (κ3) is 2.46. The van der Waals surface area contributed by atoms with Crippen molar-refractivity contribution in [2.45, 2.75) is 32.2 Å². The van der Waals surface area contributed by atoms with Gasteiger partial charge in [-0.2, -0.15) is 4.98 Å². The summed E-state index contributed by atoms with van der Waals surface area (Å²) in [5.41, 5.74) is -0.535. The van der Waals surface area contributed by atoms with Gasteiger partial charge in [-0.15, -0.1) is 0 Å². The summed E-state index contributed by atoms with van der Waals surface area (Å²) in [6, 6.07) is 0. The highest BCUT2D eigenvalue weighted by atomic mass is 16.5. The molecule has 2 rings (SSSR count). The van der Waals surface area contributed by atoms with Crippen molar-refractivity contribution in [3.05, 3.63) is 12.2 Å². The zero-order chi connectivity index (χ0) is 12.3. The lowest BCUT2D eigenvalue weighted by Crippen LogP contribution is -2.51. The minimum absolute atomic E-state index is 0.00306. The molecule has 2 heterocycles. The Labute approximate surface area is 99.7 Å². The largest absolute Gasteiger partial charge is 0.381 e. The van der Waals surface area contributed by atoms with Crippen LogP contribution < -0.4 is 5.32 Å². The number of carbonyl (C=O) groups is 1. The van der Waals surface area contributed by atoms with E-state index in [1.165, 1.54) is 6.39 Å². The van der Waals surface area contributed by atoms with Crippen molar-refractivity contribution in [3.63, 3.8) is 0 Å². The molecule has 1 amide bonds. The molecule has 0 spiro atoms. The SMILES string of the molecule is CC(C)C(=O)NC1(c2ncon2)CCOCC1. The van der Waals surface area contributed by atoms with Crippen LogP contribution in [0, 0.1) is 5.92 Å². The molecule has 94 valence electrons. The van der Waals surface area contributed by atoms with Crippen molar-refractivity contribution < 1.29 is 14.1 Å². The Balaban J connectivity index is 2.21. The number of ether oxygens (including phenoxy) is 1. The Morgan fingerprint density at radius 1 is 1.47 bits per heavy atom. The molecular weight excluding hydrogens is 222 g/mol. The van der Waals surface area contributed by atoms with Crippen LogP contribution in [0.5, 0.6) is 0 Å². The molecule has 0 radical (unpaired) electrons. The fraction of sp³-hybridized carbons (Fsp3) is 0.727. The van der Waals surface area contributed by atoms with Gasteiger partial charge in [-0.25, -0.2) is 0 Å². The number of rotatable bonds is 3. The lowest BCUT2D eigenvalue weighted by molar-refractivity contribution is -0.127. The summed E-state index contributed by atoms with van der Waals surface area (Å²) in [7, 11) is 0. The molecule has 0 aliphatic carbocycles. The molecule has 1 saturated heterocycles. The molecule has 17 heavy (non-hydrogen) atoms. The van der Waals surface area contributed by atoms with Gasteiger partial charge >= 0.3 is 0 Å². The number of amides is 1. The Bertz CT molecular complexity index is 369. The Kier molecular flexibility index (Phi) is 3.42. The van der Waals surface area contributed by atoms with Crippen molar-refractivity contribution in [1.82, 2.24) is 15.5 Å². The van der Waals surface area contributed by atoms with Gasteiger partial charge in [-0.3, -0.25) is 4.79 Å². The molecule has 0 unspecified atom stereocenters. The van der Waals surface area contributed by atoms with E-state index in [0.717, 1.165) is 0 Å². The van der Waals surface area contributed by atoms with Crippen molar-refractivity contribution in [2.24, 2.45) is 5.92 Å². The molecule has 0 bridgehead atoms. The zero-order valence-electron chi connectivity index (χ0n) is 10.1. The summed E-state index contributed by atoms with van der Waals surface area (Å²) in [5, 5.41) is 6.90. The minimum atomic E-state index is -0.535. The van der Waals surface area contributed by atoms with Gasteiger partial charge in [0, 0.05) is 32.0 Å². The summed E-state index contributed by atoms with van der Waals surface area (Å²) >= 11 is 0. The predicted molar refractivity (Wildman–Crippen MR) is 59.0 cm³/mol. The van der Waals surface area contributed by atoms with Crippen molar-refractivity contribution in [3.8, 4) is 0 Å². The van der Waals surface area contributed by atoms with Crippen molar-refractivity contribution in [1.29, 1.82) is 0 Å². The fourth-order valence-corrected chi connectivity index (χ4v) is 1.89. The third-order valence-corrected chi connectivity index (χ3v) is 3.02. The maximum absolute atomic E-state index is 11.9. The van der Waals surface area contributed by atoms with E-state index in [9.17, 15) is 4.79 Å². The van der Waals surface area contributed by atoms with Crippen molar-refractivity contribution >= 4 is 5.91 Å². The first kappa shape index (κ1) is 12.0. The molecule has 1 aromatic rings. The van der Waals surface area contributed by atoms with E-state index in [-0.39, 0.29) is 11.8 Å². The summed E-state index contributed by atoms with van der Waals surface area (Å²) < 4.78 is 10.1. The zero-order valence-corrected chi connectivity index (χ0v) is 10.1. The third-order valence-electron chi connectivity index (χ3n) is 3.02. The monoisotopic (exact) mass is 239 g/mol. The van der Waals surface area contributed by atoms with E-state index in [1.807, 2.05) is 13.8 Å². The van der Waals surface area contributed by atoms with Crippen LogP contribution in [0.25, 0.3) is 0 Å². The number of nitrogens with zero attached hydrogens (tertiary/aromatic N) is 2. The van der Waals surface area contributed by atoms with Gasteiger partial charge in [0.2, 0.25) is 12.3 Å². The first-order valence-electron chi connectivity index (χ1n) is 5.81. The standard InChI is InChI=1S/C11H17N3O3/c1-8(2)9(15)13-11(3-5-16-6-4-11)10-12-7-17-14-10/h7-8H,3-6H2,1-2H3,(H,13,15). The molecule has 0 aromatic carbocycles. The van der Waals surface area contributed by atoms with Crippen LogP contribution in [-0.4, -0.2) is 29.3 Å². The van der Waals surface area contributed by atoms with Crippen LogP contribution in [0.2, 0.25) is 0 Å². The molecular formula is C11H17N3O3. The highest BCUT2D eigenvalue weighted by molar-refractivity contribution is 5.78. The number of hydrogen-bond donors (Lipinski definition) is 1. The van der Waals surface area contributed by atoms with Crippen LogP contribution in [0.15, 0.2) is 10.9 Å². The first-order chi connectivity index (χ1) is 8.14. The highest BCUT2D eigenvalue weighted by Crippen LogP contribution is 2.30. The molecule has 6 nitrogen and oxygen atoms in total. The van der Waals surface area contributed by atoms with E-state index >= 15 is 0 Å². The molecule has 0 atom stereocenters. The predicted octanol–water partition coefficient (Wildman–Crippen LogP) is 0.847. The van der Waals surface area contributed by atoms with Gasteiger partial charge in [0.05, 0.1) is 0 Å². The normalized spacial score (nSPS) is 19.2. The van der Waals surface area contributed by atoms with E-state index in [2.05, 4.69) is 15.5 Å². The summed E-state index contributed by atoms with van der Waals surface area (Å²) in [6.45, 7) is 4.90. The Hall–Kier alpha value is -1.43. The van der Waals surface area contributed by atoms with Crippen LogP contribution in [0.1, 0.15) is 32.5 Å². The molecule has 1 N–H and O–H groups in total. The summed E-state index contributed by atoms with van der Waals surface area (Å²) in [5.74, 6) is 0.466. The van der Waals surface area contributed by atoms with E-state index in [1.54, 1.807) is 0 Å². The van der Waals surface area contributed by atoms with E-state index < -0.39 is 5.54 Å². The van der Waals surface area contributed by atoms with Crippen molar-refractivity contribution in [2.75, 3.05) is 13.2 Å². The Morgan fingerprint density at radius 2 is 2.18 bits per heavy atom. The smallest absolute Gasteiger partial charge is 0.223 e. The van der Waals surface area contributed by atoms with Gasteiger partial charge in [0.1, 0.15) is 5.54 Å². The quantitative estimate of drug-likeness (QED) is 0.846. The van der Waals surface area contributed by atoms with Crippen LogP contribution >= 0.6 is 0 Å². The first-order valence-corrected chi connectivity index (χ1v) is 5.81. The van der Waals surface area contributed by atoms with E-state index in [0.29, 0.717) is 31.9 Å². The van der Waals surface area contributed by atoms with Gasteiger partial charge in [-0.1, -0.05) is 19.0 Å². The van der Waals surface area contributed by atoms with Gasteiger partial charge in [0.15, 0.2) is 5.82 Å². The summed E-state index contributed by atoms with van der Waals surface area (Å²) in [4.78, 5) is 15.9. The number of aromatic nitrogens is 2. The number of nitrogens with one attached hydrogen (secondary N) is 1. The molecule has 1 aromatic heterocycles. The molecule has 6 heteroatoms. The molecule has 0 saturated carbocycles. The minimum Gasteiger partial charge on any atom is -0.381 e. The molecule has 1 aliphatic rings. The van der Waals surface area contributed by atoms with Crippen LogP contribution in [0.3, 0.4) is 0 Å². The number of hydrogen-bond acceptors (Lipinski definition) is 5. The second-order valence-corrected chi connectivity index (χ2v) is 4.59. The second-order valence-electron chi connectivity index (χ2n) is 4.59. The molecule has 1 fully saturated rings. The Morgan fingerprint density at radius 3 is 2.71 bits per heavy atom. The summed E-state index contributed by atoms with van der Waals surface area (Å²) in [6.07, 6.45) is 2.63. The average molecular weight is 239 g/mol. The molecule has 1 aliphatic heterocycles. The maximum atomic E-state index is 11.9. The fourth-order valence-electron chi connectivity index (χ4n) is 1.89. The second kappa shape index (κ2) is 4.83. The van der Waals surface area contributed by atoms with Gasteiger partial charge in [-0.05, 0) is 0 Å². The lowest BCUT2D eigenvalue weighted by Gasteiger charge is -2.35.